The van der Waals surface area contributed by atoms with Crippen molar-refractivity contribution in [3.63, 3.8) is 0 Å². The second-order valence-corrected chi connectivity index (χ2v) is 4.80. The van der Waals surface area contributed by atoms with Gasteiger partial charge in [-0.3, -0.25) is 0 Å². The Bertz CT molecular complexity index is 524. The molecule has 2 nitrogen and oxygen atoms in total. The smallest absolute Gasteiger partial charge is 0.120 e. The highest BCUT2D eigenvalue weighted by molar-refractivity contribution is 5.43. The van der Waals surface area contributed by atoms with Gasteiger partial charge in [0.05, 0.1) is 7.11 Å². The van der Waals surface area contributed by atoms with Gasteiger partial charge in [-0.25, -0.2) is 0 Å². The number of benzene rings is 2. The first-order chi connectivity index (χ1) is 8.93. The maximum atomic E-state index is 5.45. The third kappa shape index (κ3) is 4.66. The summed E-state index contributed by atoms with van der Waals surface area (Å²) in [6, 6.07) is 11.8. The summed E-state index contributed by atoms with van der Waals surface area (Å²) in [7, 11) is 1.62. The molecule has 2 N–H and O–H groups in total. The van der Waals surface area contributed by atoms with Gasteiger partial charge in [-0.1, -0.05) is 23.8 Å². The van der Waals surface area contributed by atoms with Crippen LogP contribution in [0.1, 0.15) is 22.3 Å². The van der Waals surface area contributed by atoms with Crippen molar-refractivity contribution in [3.8, 4) is 5.75 Å². The minimum Gasteiger partial charge on any atom is -0.497 e. The Morgan fingerprint density at radius 1 is 0.895 bits per heavy atom. The largest absolute Gasteiger partial charge is 0.497 e. The summed E-state index contributed by atoms with van der Waals surface area (Å²) in [5.41, 5.74) is 11.8. The molecule has 2 aromatic rings. The maximum absolute atomic E-state index is 5.45. The van der Waals surface area contributed by atoms with Crippen molar-refractivity contribution in [1.82, 2.24) is 0 Å². The molecular weight excluding hydrogens is 234 g/mol. The molecule has 0 atom stereocenters. The average Bonchev–Trinajstić information content (AvgIpc) is 2.36. The second-order valence-electron chi connectivity index (χ2n) is 4.80. The highest BCUT2D eigenvalue weighted by atomic mass is 16.5. The topological polar surface area (TPSA) is 35.2 Å². The zero-order valence-corrected chi connectivity index (χ0v) is 12.4. The standard InChI is InChI=1S/C10H14.C7H9NO/c1-7-5-8(2)10(4)9(3)6-7;1-9-7-4-2-3-6(8)5-7/h5-6H,1-4H3;2-5H,8H2,1H3. The molecule has 2 aromatic carbocycles. The molecule has 0 aliphatic rings. The molecule has 102 valence electrons. The molecular formula is C17H23NO. The SMILES string of the molecule is COc1cccc(N)c1.Cc1cc(C)c(C)c(C)c1. The number of hydrogen-bond donors (Lipinski definition) is 1. The Morgan fingerprint density at radius 3 is 1.89 bits per heavy atom. The molecule has 0 saturated heterocycles. The van der Waals surface area contributed by atoms with Crippen LogP contribution in [0.3, 0.4) is 0 Å². The van der Waals surface area contributed by atoms with Crippen LogP contribution in [0.4, 0.5) is 5.69 Å². The highest BCUT2D eigenvalue weighted by Gasteiger charge is 1.96. The molecule has 19 heavy (non-hydrogen) atoms. The highest BCUT2D eigenvalue weighted by Crippen LogP contribution is 2.14. The van der Waals surface area contributed by atoms with Crippen LogP contribution in [-0.4, -0.2) is 7.11 Å². The van der Waals surface area contributed by atoms with Crippen LogP contribution < -0.4 is 10.5 Å². The summed E-state index contributed by atoms with van der Waals surface area (Å²) in [6.07, 6.45) is 0. The summed E-state index contributed by atoms with van der Waals surface area (Å²) in [5, 5.41) is 0. The number of hydrogen-bond acceptors (Lipinski definition) is 2. The van der Waals surface area contributed by atoms with Crippen molar-refractivity contribution in [1.29, 1.82) is 0 Å². The van der Waals surface area contributed by atoms with E-state index in [0.717, 1.165) is 11.4 Å². The lowest BCUT2D eigenvalue weighted by molar-refractivity contribution is 0.415. The number of aryl methyl sites for hydroxylation is 3. The number of nitrogen functional groups attached to an aromatic ring is 1. The van der Waals surface area contributed by atoms with Crippen LogP contribution in [-0.2, 0) is 0 Å². The zero-order valence-electron chi connectivity index (χ0n) is 12.4. The third-order valence-corrected chi connectivity index (χ3v) is 3.17. The van der Waals surface area contributed by atoms with Crippen molar-refractivity contribution in [2.45, 2.75) is 27.7 Å². The molecule has 0 aliphatic carbocycles. The van der Waals surface area contributed by atoms with E-state index in [2.05, 4.69) is 39.8 Å². The van der Waals surface area contributed by atoms with Gasteiger partial charge < -0.3 is 10.5 Å². The molecule has 0 aliphatic heterocycles. The molecule has 0 unspecified atom stereocenters. The normalized spacial score (nSPS) is 9.53. The summed E-state index contributed by atoms with van der Waals surface area (Å²) >= 11 is 0. The Kier molecular flexibility index (Phi) is 5.43. The molecule has 2 heteroatoms. The van der Waals surface area contributed by atoms with E-state index >= 15 is 0 Å². The van der Waals surface area contributed by atoms with E-state index in [9.17, 15) is 0 Å². The van der Waals surface area contributed by atoms with Crippen molar-refractivity contribution in [3.05, 3.63) is 58.7 Å². The number of anilines is 1. The summed E-state index contributed by atoms with van der Waals surface area (Å²) in [4.78, 5) is 0. The predicted octanol–water partition coefficient (Wildman–Crippen LogP) is 4.20. The second kappa shape index (κ2) is 6.83. The Morgan fingerprint density at radius 2 is 1.47 bits per heavy atom. The molecule has 0 spiro atoms. The van der Waals surface area contributed by atoms with Gasteiger partial charge in [0.1, 0.15) is 5.75 Å². The fourth-order valence-electron chi connectivity index (χ4n) is 1.89. The Hall–Kier alpha value is -1.96. The first kappa shape index (κ1) is 15.1. The third-order valence-electron chi connectivity index (χ3n) is 3.17. The van der Waals surface area contributed by atoms with E-state index in [4.69, 9.17) is 10.5 Å². The predicted molar refractivity (Wildman–Crippen MR) is 82.8 cm³/mol. The zero-order chi connectivity index (χ0) is 14.4. The lowest BCUT2D eigenvalue weighted by atomic mass is 10.0. The molecule has 0 bridgehead atoms. The summed E-state index contributed by atoms with van der Waals surface area (Å²) in [5.74, 6) is 0.801. The van der Waals surface area contributed by atoms with Gasteiger partial charge in [-0.15, -0.1) is 0 Å². The number of methoxy groups -OCH3 is 1. The quantitative estimate of drug-likeness (QED) is 0.777. The van der Waals surface area contributed by atoms with Gasteiger partial charge >= 0.3 is 0 Å². The number of nitrogens with two attached hydrogens (primary N) is 1. The lowest BCUT2D eigenvalue weighted by Crippen LogP contribution is -1.86. The van der Waals surface area contributed by atoms with Crippen LogP contribution in [0.15, 0.2) is 36.4 Å². The molecule has 0 amide bonds. The van der Waals surface area contributed by atoms with Crippen LogP contribution in [0.25, 0.3) is 0 Å². The average molecular weight is 257 g/mol. The molecule has 0 aromatic heterocycles. The van der Waals surface area contributed by atoms with Gasteiger partial charge in [0.25, 0.3) is 0 Å². The molecule has 2 rings (SSSR count). The molecule has 0 heterocycles. The summed E-state index contributed by atoms with van der Waals surface area (Å²) in [6.45, 7) is 8.63. The van der Waals surface area contributed by atoms with Crippen LogP contribution >= 0.6 is 0 Å². The Balaban J connectivity index is 0.000000191. The Labute approximate surface area is 116 Å². The first-order valence-corrected chi connectivity index (χ1v) is 6.38. The van der Waals surface area contributed by atoms with Gasteiger partial charge in [-0.05, 0) is 56.5 Å². The lowest BCUT2D eigenvalue weighted by Gasteiger charge is -2.04. The van der Waals surface area contributed by atoms with Gasteiger partial charge in [-0.2, -0.15) is 0 Å². The van der Waals surface area contributed by atoms with Crippen LogP contribution in [0.5, 0.6) is 5.75 Å². The fourth-order valence-corrected chi connectivity index (χ4v) is 1.89. The minimum atomic E-state index is 0.731. The van der Waals surface area contributed by atoms with E-state index in [-0.39, 0.29) is 0 Å². The molecule has 0 saturated carbocycles. The van der Waals surface area contributed by atoms with Crippen molar-refractivity contribution < 1.29 is 4.74 Å². The van der Waals surface area contributed by atoms with Crippen molar-refractivity contribution in [2.24, 2.45) is 0 Å². The van der Waals surface area contributed by atoms with Crippen LogP contribution in [0.2, 0.25) is 0 Å². The summed E-state index contributed by atoms with van der Waals surface area (Å²) < 4.78 is 4.92. The van der Waals surface area contributed by atoms with E-state index in [1.165, 1.54) is 22.3 Å². The monoisotopic (exact) mass is 257 g/mol. The van der Waals surface area contributed by atoms with Gasteiger partial charge in [0.2, 0.25) is 0 Å². The maximum Gasteiger partial charge on any atom is 0.120 e. The van der Waals surface area contributed by atoms with E-state index in [1.807, 2.05) is 18.2 Å². The van der Waals surface area contributed by atoms with E-state index < -0.39 is 0 Å². The first-order valence-electron chi connectivity index (χ1n) is 6.38. The van der Waals surface area contributed by atoms with Gasteiger partial charge in [0, 0.05) is 11.8 Å². The van der Waals surface area contributed by atoms with Gasteiger partial charge in [0.15, 0.2) is 0 Å². The number of rotatable bonds is 1. The van der Waals surface area contributed by atoms with Crippen molar-refractivity contribution in [2.75, 3.05) is 12.8 Å². The minimum absolute atomic E-state index is 0.731. The van der Waals surface area contributed by atoms with Crippen molar-refractivity contribution >= 4 is 5.69 Å². The number of ether oxygens (including phenoxy) is 1. The van der Waals surface area contributed by atoms with E-state index in [0.29, 0.717) is 0 Å². The molecule has 0 radical (unpaired) electrons. The van der Waals surface area contributed by atoms with E-state index in [1.54, 1.807) is 13.2 Å². The van der Waals surface area contributed by atoms with Crippen LogP contribution in [0, 0.1) is 27.7 Å². The molecule has 0 fully saturated rings. The fraction of sp³-hybridized carbons (Fsp3) is 0.294.